The van der Waals surface area contributed by atoms with Crippen LogP contribution < -0.4 is 4.90 Å². The van der Waals surface area contributed by atoms with Crippen LogP contribution in [0.4, 0.5) is 5.69 Å². The summed E-state index contributed by atoms with van der Waals surface area (Å²) in [6.07, 6.45) is 13.8. The van der Waals surface area contributed by atoms with Gasteiger partial charge in [0.25, 0.3) is 0 Å². The Hall–Kier alpha value is -2.80. The normalized spacial score (nSPS) is 16.7. The molecule has 2 aliphatic rings. The number of hydrogen-bond donors (Lipinski definition) is 0. The number of hydrogen-bond acceptors (Lipinski definition) is 1. The highest BCUT2D eigenvalue weighted by Gasteiger charge is 2.18. The van der Waals surface area contributed by atoms with Gasteiger partial charge in [-0.3, -0.25) is 0 Å². The molecule has 0 saturated heterocycles. The van der Waals surface area contributed by atoms with E-state index in [2.05, 4.69) is 98.6 Å². The van der Waals surface area contributed by atoms with Crippen molar-refractivity contribution in [3.05, 3.63) is 101 Å². The second-order valence-electron chi connectivity index (χ2n) is 7.92. The highest BCUT2D eigenvalue weighted by atomic mass is 15.1. The van der Waals surface area contributed by atoms with Crippen molar-refractivity contribution in [3.8, 4) is 11.1 Å². The van der Waals surface area contributed by atoms with Crippen molar-refractivity contribution in [2.45, 2.75) is 39.5 Å². The lowest BCUT2D eigenvalue weighted by molar-refractivity contribution is 0.844. The molecule has 0 N–H and O–H groups in total. The molecule has 2 aromatic carbocycles. The van der Waals surface area contributed by atoms with E-state index in [4.69, 9.17) is 0 Å². The summed E-state index contributed by atoms with van der Waals surface area (Å²) in [5.41, 5.74) is 11.0. The van der Waals surface area contributed by atoms with Gasteiger partial charge >= 0.3 is 0 Å². The Labute approximate surface area is 169 Å². The monoisotopic (exact) mass is 367 g/mol. The third-order valence-corrected chi connectivity index (χ3v) is 5.98. The van der Waals surface area contributed by atoms with Crippen LogP contribution in [-0.4, -0.2) is 7.05 Å². The molecule has 0 aliphatic heterocycles. The second kappa shape index (κ2) is 8.06. The first-order chi connectivity index (χ1) is 13.6. The first kappa shape index (κ1) is 18.6. The smallest absolute Gasteiger partial charge is 0.0444 e. The van der Waals surface area contributed by atoms with E-state index in [1.807, 2.05) is 0 Å². The van der Waals surface area contributed by atoms with E-state index in [1.54, 1.807) is 0 Å². The Balaban J connectivity index is 1.70. The maximum atomic E-state index is 2.43. The zero-order valence-electron chi connectivity index (χ0n) is 17.2. The van der Waals surface area contributed by atoms with Crippen molar-refractivity contribution in [2.24, 2.45) is 0 Å². The number of likely N-dealkylation sites (N-methyl/N-ethyl adjacent to an activating group) is 1. The van der Waals surface area contributed by atoms with E-state index in [0.29, 0.717) is 0 Å². The molecule has 0 amide bonds. The van der Waals surface area contributed by atoms with Gasteiger partial charge in [0, 0.05) is 18.4 Å². The molecule has 0 heterocycles. The molecule has 0 fully saturated rings. The Morgan fingerprint density at radius 3 is 2.39 bits per heavy atom. The summed E-state index contributed by atoms with van der Waals surface area (Å²) in [5.74, 6) is 0. The molecule has 0 atom stereocenters. The Kier molecular flexibility index (Phi) is 5.34. The molecule has 0 spiro atoms. The van der Waals surface area contributed by atoms with E-state index in [0.717, 1.165) is 19.3 Å². The average Bonchev–Trinajstić information content (AvgIpc) is 2.75. The molecule has 142 valence electrons. The highest BCUT2D eigenvalue weighted by Crippen LogP contribution is 2.36. The van der Waals surface area contributed by atoms with Gasteiger partial charge in [-0.1, -0.05) is 60.7 Å². The first-order valence-corrected chi connectivity index (χ1v) is 10.3. The first-order valence-electron chi connectivity index (χ1n) is 10.3. The summed E-state index contributed by atoms with van der Waals surface area (Å²) in [6.45, 7) is 4.49. The highest BCUT2D eigenvalue weighted by molar-refractivity contribution is 5.72. The van der Waals surface area contributed by atoms with Crippen LogP contribution in [0.5, 0.6) is 0 Å². The lowest BCUT2D eigenvalue weighted by Crippen LogP contribution is -2.20. The second-order valence-corrected chi connectivity index (χ2v) is 7.92. The van der Waals surface area contributed by atoms with Gasteiger partial charge in [0.05, 0.1) is 0 Å². The molecule has 0 radical (unpaired) electrons. The van der Waals surface area contributed by atoms with Crippen LogP contribution in [0.3, 0.4) is 0 Å². The molecule has 0 aromatic heterocycles. The van der Waals surface area contributed by atoms with E-state index >= 15 is 0 Å². The number of rotatable bonds is 4. The molecule has 0 saturated carbocycles. The fraction of sp³-hybridized carbons (Fsp3) is 0.259. The molecule has 1 heteroatoms. The van der Waals surface area contributed by atoms with E-state index in [1.165, 1.54) is 51.2 Å². The van der Waals surface area contributed by atoms with Gasteiger partial charge in [0.2, 0.25) is 0 Å². The van der Waals surface area contributed by atoms with E-state index in [-0.39, 0.29) is 0 Å². The topological polar surface area (TPSA) is 3.24 Å². The molecule has 4 rings (SSSR count). The van der Waals surface area contributed by atoms with Crippen molar-refractivity contribution in [1.82, 2.24) is 0 Å². The fourth-order valence-electron chi connectivity index (χ4n) is 4.23. The molecule has 1 nitrogen and oxygen atoms in total. The van der Waals surface area contributed by atoms with E-state index in [9.17, 15) is 0 Å². The van der Waals surface area contributed by atoms with Crippen molar-refractivity contribution < 1.29 is 0 Å². The van der Waals surface area contributed by atoms with Crippen LogP contribution in [0.2, 0.25) is 0 Å². The van der Waals surface area contributed by atoms with Crippen molar-refractivity contribution >= 4 is 5.69 Å². The van der Waals surface area contributed by atoms with Crippen LogP contribution in [0.1, 0.15) is 38.2 Å². The van der Waals surface area contributed by atoms with Gasteiger partial charge in [-0.15, -0.1) is 0 Å². The van der Waals surface area contributed by atoms with Crippen LogP contribution >= 0.6 is 0 Å². The Morgan fingerprint density at radius 2 is 1.64 bits per heavy atom. The summed E-state index contributed by atoms with van der Waals surface area (Å²) >= 11 is 0. The average molecular weight is 368 g/mol. The Bertz CT molecular complexity index is 986. The van der Waals surface area contributed by atoms with Crippen LogP contribution in [0.15, 0.2) is 95.3 Å². The summed E-state index contributed by atoms with van der Waals surface area (Å²) in [4.78, 5) is 2.38. The number of benzene rings is 2. The van der Waals surface area contributed by atoms with Gasteiger partial charge in [-0.25, -0.2) is 0 Å². The number of anilines is 1. The fourth-order valence-corrected chi connectivity index (χ4v) is 4.23. The molecule has 28 heavy (non-hydrogen) atoms. The van der Waals surface area contributed by atoms with Crippen molar-refractivity contribution in [1.29, 1.82) is 0 Å². The lowest BCUT2D eigenvalue weighted by atomic mass is 9.88. The van der Waals surface area contributed by atoms with Gasteiger partial charge < -0.3 is 4.90 Å². The third-order valence-electron chi connectivity index (χ3n) is 5.98. The van der Waals surface area contributed by atoms with Crippen LogP contribution in [0.25, 0.3) is 11.1 Å². The van der Waals surface area contributed by atoms with Gasteiger partial charge in [0.15, 0.2) is 0 Å². The number of aryl methyl sites for hydroxylation is 1. The van der Waals surface area contributed by atoms with E-state index < -0.39 is 0 Å². The minimum atomic E-state index is 1.14. The number of allylic oxidation sites excluding steroid dienone is 7. The van der Waals surface area contributed by atoms with Gasteiger partial charge in [-0.2, -0.15) is 0 Å². The predicted octanol–water partition coefficient (Wildman–Crippen LogP) is 7.37. The molecular weight excluding hydrogens is 338 g/mol. The van der Waals surface area contributed by atoms with Crippen molar-refractivity contribution in [2.75, 3.05) is 11.9 Å². The molecule has 0 bridgehead atoms. The van der Waals surface area contributed by atoms with Gasteiger partial charge in [-0.05, 0) is 85.1 Å². The molecular formula is C27H29N. The summed E-state index contributed by atoms with van der Waals surface area (Å²) < 4.78 is 0. The zero-order valence-corrected chi connectivity index (χ0v) is 17.2. The van der Waals surface area contributed by atoms with Gasteiger partial charge in [0.1, 0.15) is 0 Å². The minimum absolute atomic E-state index is 1.14. The Morgan fingerprint density at radius 1 is 0.821 bits per heavy atom. The maximum Gasteiger partial charge on any atom is 0.0444 e. The molecule has 2 aliphatic carbocycles. The summed E-state index contributed by atoms with van der Waals surface area (Å²) in [6, 6.07) is 17.4. The minimum Gasteiger partial charge on any atom is -0.344 e. The lowest BCUT2D eigenvalue weighted by Gasteiger charge is -2.29. The van der Waals surface area contributed by atoms with Crippen LogP contribution in [-0.2, 0) is 0 Å². The maximum absolute atomic E-state index is 2.43. The third kappa shape index (κ3) is 3.75. The quantitative estimate of drug-likeness (QED) is 0.545. The summed E-state index contributed by atoms with van der Waals surface area (Å²) in [5, 5.41) is 0. The number of nitrogens with zero attached hydrogens (tertiary/aromatic N) is 1. The molecule has 0 unspecified atom stereocenters. The van der Waals surface area contributed by atoms with Crippen molar-refractivity contribution in [3.63, 3.8) is 0 Å². The summed E-state index contributed by atoms with van der Waals surface area (Å²) in [7, 11) is 2.21. The molecule has 2 aromatic rings. The standard InChI is InChI=1S/C27H29N/c1-20-14-16-24(22-10-6-4-7-11-22)18-26(20)28(3)27-19-25(17-15-21(27)2)23-12-8-5-9-13-23/h4-8,10-12,14,16,18-19H,9,13,15,17H2,1-3H3. The van der Waals surface area contributed by atoms with Crippen LogP contribution in [0, 0.1) is 6.92 Å². The zero-order chi connectivity index (χ0) is 19.5. The SMILES string of the molecule is CC1=C(N(C)c2cc(-c3ccccc3)ccc2C)C=C(C2=CC=CCC2)CC1. The predicted molar refractivity (Wildman–Crippen MR) is 121 cm³/mol. The largest absolute Gasteiger partial charge is 0.344 e.